The molecule has 0 aromatic heterocycles. The molecular weight excluding hydrogens is 156 g/mol. The van der Waals surface area contributed by atoms with Gasteiger partial charge in [-0.3, -0.25) is 0 Å². The second-order valence-electron chi connectivity index (χ2n) is 4.30. The van der Waals surface area contributed by atoms with Gasteiger partial charge in [-0.05, 0) is 48.3 Å². The van der Waals surface area contributed by atoms with E-state index >= 15 is 0 Å². The second-order valence-corrected chi connectivity index (χ2v) is 4.30. The van der Waals surface area contributed by atoms with E-state index in [-0.39, 0.29) is 0 Å². The van der Waals surface area contributed by atoms with Crippen LogP contribution in [-0.4, -0.2) is 0 Å². The van der Waals surface area contributed by atoms with Gasteiger partial charge in [-0.1, -0.05) is 32.0 Å². The molecule has 0 radical (unpaired) electrons. The summed E-state index contributed by atoms with van der Waals surface area (Å²) in [5.41, 5.74) is 4.70. The Hall–Kier alpha value is -0.780. The highest BCUT2D eigenvalue weighted by Crippen LogP contribution is 2.25. The quantitative estimate of drug-likeness (QED) is 0.612. The first kappa shape index (κ1) is 8.80. The third kappa shape index (κ3) is 1.77. The molecule has 1 atom stereocenters. The molecule has 0 nitrogen and oxygen atoms in total. The largest absolute Gasteiger partial charge is 0.0622 e. The van der Waals surface area contributed by atoms with Crippen molar-refractivity contribution >= 4 is 0 Å². The fourth-order valence-corrected chi connectivity index (χ4v) is 2.21. The average Bonchev–Trinajstić information content (AvgIpc) is 2.17. The summed E-state index contributed by atoms with van der Waals surface area (Å²) >= 11 is 0. The topological polar surface area (TPSA) is 0 Å². The van der Waals surface area contributed by atoms with Crippen molar-refractivity contribution in [1.29, 1.82) is 0 Å². The van der Waals surface area contributed by atoms with Crippen LogP contribution in [0.3, 0.4) is 0 Å². The molecule has 0 bridgehead atoms. The Balaban J connectivity index is 2.31. The number of rotatable bonds is 1. The fraction of sp³-hybridized carbons (Fsp3) is 0.538. The number of hydrogen-bond acceptors (Lipinski definition) is 0. The van der Waals surface area contributed by atoms with Crippen molar-refractivity contribution in [2.75, 3.05) is 0 Å². The molecule has 1 aromatic rings. The van der Waals surface area contributed by atoms with Gasteiger partial charge < -0.3 is 0 Å². The SMILES string of the molecule is CCc1ccc2c(c1)CC[C@H](C)C2. The highest BCUT2D eigenvalue weighted by Gasteiger charge is 2.14. The van der Waals surface area contributed by atoms with Crippen LogP contribution in [0.2, 0.25) is 0 Å². The molecule has 0 unspecified atom stereocenters. The molecule has 2 rings (SSSR count). The molecule has 0 saturated heterocycles. The molecule has 1 aromatic carbocycles. The van der Waals surface area contributed by atoms with Crippen LogP contribution >= 0.6 is 0 Å². The maximum absolute atomic E-state index is 2.40. The van der Waals surface area contributed by atoms with Crippen LogP contribution in [0.15, 0.2) is 18.2 Å². The third-order valence-electron chi connectivity index (χ3n) is 3.15. The molecule has 0 saturated carbocycles. The number of hydrogen-bond donors (Lipinski definition) is 0. The van der Waals surface area contributed by atoms with Gasteiger partial charge in [0.2, 0.25) is 0 Å². The first-order chi connectivity index (χ1) is 6.29. The zero-order chi connectivity index (χ0) is 9.26. The Morgan fingerprint density at radius 1 is 1.31 bits per heavy atom. The van der Waals surface area contributed by atoms with Crippen molar-refractivity contribution in [1.82, 2.24) is 0 Å². The zero-order valence-corrected chi connectivity index (χ0v) is 8.64. The minimum atomic E-state index is 0.889. The van der Waals surface area contributed by atoms with Crippen LogP contribution in [0.25, 0.3) is 0 Å². The van der Waals surface area contributed by atoms with Gasteiger partial charge in [0.05, 0.1) is 0 Å². The lowest BCUT2D eigenvalue weighted by Gasteiger charge is -2.21. The van der Waals surface area contributed by atoms with Crippen molar-refractivity contribution in [2.45, 2.75) is 39.5 Å². The molecule has 0 spiro atoms. The van der Waals surface area contributed by atoms with Crippen molar-refractivity contribution < 1.29 is 0 Å². The molecule has 0 fully saturated rings. The van der Waals surface area contributed by atoms with E-state index in [1.807, 2.05) is 0 Å². The van der Waals surface area contributed by atoms with E-state index < -0.39 is 0 Å². The minimum Gasteiger partial charge on any atom is -0.0622 e. The summed E-state index contributed by atoms with van der Waals surface area (Å²) < 4.78 is 0. The normalized spacial score (nSPS) is 21.2. The smallest absolute Gasteiger partial charge is 0.0250 e. The van der Waals surface area contributed by atoms with E-state index in [2.05, 4.69) is 32.0 Å². The molecule has 0 aliphatic heterocycles. The van der Waals surface area contributed by atoms with E-state index in [9.17, 15) is 0 Å². The summed E-state index contributed by atoms with van der Waals surface area (Å²) in [6, 6.07) is 7.03. The monoisotopic (exact) mass is 174 g/mol. The maximum Gasteiger partial charge on any atom is -0.0250 e. The summed E-state index contributed by atoms with van der Waals surface area (Å²) in [7, 11) is 0. The molecule has 1 aliphatic carbocycles. The van der Waals surface area contributed by atoms with Gasteiger partial charge in [-0.25, -0.2) is 0 Å². The zero-order valence-electron chi connectivity index (χ0n) is 8.64. The Kier molecular flexibility index (Phi) is 2.39. The van der Waals surface area contributed by atoms with E-state index in [4.69, 9.17) is 0 Å². The van der Waals surface area contributed by atoms with E-state index in [0.29, 0.717) is 0 Å². The number of aryl methyl sites for hydroxylation is 2. The van der Waals surface area contributed by atoms with Crippen molar-refractivity contribution in [3.8, 4) is 0 Å². The highest BCUT2D eigenvalue weighted by molar-refractivity contribution is 5.34. The summed E-state index contributed by atoms with van der Waals surface area (Å²) in [4.78, 5) is 0. The average molecular weight is 174 g/mol. The molecule has 0 heterocycles. The molecule has 0 N–H and O–H groups in total. The molecule has 0 amide bonds. The van der Waals surface area contributed by atoms with Crippen LogP contribution in [0.1, 0.15) is 37.0 Å². The summed E-state index contributed by atoms with van der Waals surface area (Å²) in [5.74, 6) is 0.889. The van der Waals surface area contributed by atoms with Crippen LogP contribution in [0.4, 0.5) is 0 Å². The van der Waals surface area contributed by atoms with Crippen LogP contribution in [0, 0.1) is 5.92 Å². The van der Waals surface area contributed by atoms with Crippen molar-refractivity contribution in [3.05, 3.63) is 34.9 Å². The fourth-order valence-electron chi connectivity index (χ4n) is 2.21. The van der Waals surface area contributed by atoms with Gasteiger partial charge in [0, 0.05) is 0 Å². The lowest BCUT2D eigenvalue weighted by Crippen LogP contribution is -2.11. The first-order valence-electron chi connectivity index (χ1n) is 5.40. The van der Waals surface area contributed by atoms with E-state index in [1.54, 1.807) is 11.1 Å². The number of fused-ring (bicyclic) bond motifs is 1. The first-order valence-corrected chi connectivity index (χ1v) is 5.40. The minimum absolute atomic E-state index is 0.889. The molecule has 0 heteroatoms. The Morgan fingerprint density at radius 2 is 2.15 bits per heavy atom. The van der Waals surface area contributed by atoms with Gasteiger partial charge in [0.25, 0.3) is 0 Å². The van der Waals surface area contributed by atoms with Gasteiger partial charge >= 0.3 is 0 Å². The van der Waals surface area contributed by atoms with Gasteiger partial charge in [0.1, 0.15) is 0 Å². The van der Waals surface area contributed by atoms with Gasteiger partial charge in [0.15, 0.2) is 0 Å². The lowest BCUT2D eigenvalue weighted by atomic mass is 9.84. The van der Waals surface area contributed by atoms with Gasteiger partial charge in [-0.2, -0.15) is 0 Å². The van der Waals surface area contributed by atoms with E-state index in [0.717, 1.165) is 5.92 Å². The predicted octanol–water partition coefficient (Wildman–Crippen LogP) is 3.37. The van der Waals surface area contributed by atoms with Gasteiger partial charge in [-0.15, -0.1) is 0 Å². The highest BCUT2D eigenvalue weighted by atomic mass is 14.2. The summed E-state index contributed by atoms with van der Waals surface area (Å²) in [6.45, 7) is 4.59. The molecule has 13 heavy (non-hydrogen) atoms. The van der Waals surface area contributed by atoms with Crippen molar-refractivity contribution in [2.24, 2.45) is 5.92 Å². The third-order valence-corrected chi connectivity index (χ3v) is 3.15. The maximum atomic E-state index is 2.40. The predicted molar refractivity (Wildman–Crippen MR) is 57.0 cm³/mol. The number of benzene rings is 1. The summed E-state index contributed by atoms with van der Waals surface area (Å²) in [6.07, 6.45) is 5.13. The van der Waals surface area contributed by atoms with Crippen LogP contribution in [-0.2, 0) is 19.3 Å². The Bertz CT molecular complexity index is 299. The Labute approximate surface area is 81.0 Å². The standard InChI is InChI=1S/C13H18/c1-3-11-5-7-12-8-10(2)4-6-13(12)9-11/h5,7,9-10H,3-4,6,8H2,1-2H3/t10-/m0/s1. The van der Waals surface area contributed by atoms with Crippen LogP contribution in [0.5, 0.6) is 0 Å². The molecule has 1 aliphatic rings. The van der Waals surface area contributed by atoms with Crippen LogP contribution < -0.4 is 0 Å². The van der Waals surface area contributed by atoms with Crippen molar-refractivity contribution in [3.63, 3.8) is 0 Å². The lowest BCUT2D eigenvalue weighted by molar-refractivity contribution is 0.501. The second kappa shape index (κ2) is 3.53. The summed E-state index contributed by atoms with van der Waals surface area (Å²) in [5, 5.41) is 0. The molecular formula is C13H18. The molecule has 70 valence electrons. The Morgan fingerprint density at radius 3 is 2.92 bits per heavy atom. The van der Waals surface area contributed by atoms with E-state index in [1.165, 1.54) is 31.2 Å².